The average Bonchev–Trinajstić information content (AvgIpc) is 0.787. The normalized spacial score (nSPS) is 45.8. The van der Waals surface area contributed by atoms with E-state index in [2.05, 4.69) is 15.5 Å². The number of nitrogens with zero attached hydrogens (tertiary/aromatic N) is 1. The number of aliphatic hydroxyl groups is 17. The molecule has 4 unspecified atom stereocenters. The summed E-state index contributed by atoms with van der Waals surface area (Å²) in [5.74, 6) is -8.70. The molecule has 0 aliphatic carbocycles. The second kappa shape index (κ2) is 38.6. The topological polar surface area (TPSA) is 470 Å². The Balaban J connectivity index is 1.26. The first kappa shape index (κ1) is 80.1. The van der Waals surface area contributed by atoms with E-state index in [0.29, 0.717) is 6.54 Å². The minimum Gasteiger partial charge on any atom is -0.462 e. The molecule has 0 aromatic heterocycles. The van der Waals surface area contributed by atoms with Crippen LogP contribution in [-0.2, 0) is 42.7 Å². The van der Waals surface area contributed by atoms with Gasteiger partial charge < -0.3 is 136 Å². The number of carbonyl (C=O) groups excluding carboxylic acids is 2. The predicted molar refractivity (Wildman–Crippen MR) is 338 cm³/mol. The van der Waals surface area contributed by atoms with Crippen molar-refractivity contribution in [1.82, 2.24) is 15.5 Å². The van der Waals surface area contributed by atoms with Crippen LogP contribution in [0.5, 0.6) is 0 Å². The second-order valence-corrected chi connectivity index (χ2v) is 26.2. The highest BCUT2D eigenvalue weighted by molar-refractivity contribution is 5.80. The molecule has 95 heavy (non-hydrogen) atoms. The van der Waals surface area contributed by atoms with Crippen molar-refractivity contribution in [2.75, 3.05) is 45.9 Å². The van der Waals surface area contributed by atoms with Crippen molar-refractivity contribution in [1.29, 1.82) is 0 Å². The van der Waals surface area contributed by atoms with Crippen LogP contribution < -0.4 is 10.6 Å². The number of likely N-dealkylation sites (tertiary alicyclic amines) is 1. The fraction of sp³-hybridized carbons (Fsp3) is 0.758. The molecule has 5 saturated heterocycles. The second-order valence-electron chi connectivity index (χ2n) is 26.2. The molecule has 0 saturated carbocycles. The molecule has 6 aliphatic rings. The highest BCUT2D eigenvalue weighted by Crippen LogP contribution is 2.39. The zero-order chi connectivity index (χ0) is 69.7. The minimum absolute atomic E-state index is 0.149. The van der Waals surface area contributed by atoms with Crippen molar-refractivity contribution < 1.29 is 130 Å². The SMILES string of the molecule is CC1[C@H](C)OC(=O)C[C@H](O)C[C@H](O)CC[C@@H](O)[C@H](O)C[C@H](O)C[C@]2(O)C[C@H](O)C(C(=O)NCCN3CCCCC3)C(C[C@@H](O[C@@H]3O[C@H](C)[C@@H](O)[C@H](NC[C@@]4(O)OC[C@@H](O)[C@@H](OC5O[C@H](CO)[C@@H](O)[C@H](O)[C@H]5O)[C@@H]4O)[C@@H]3O)/C=C/C=C/C=C/C=C/C=C/C=C/C=C/[C@H](C)[C@H]1O)O2. The van der Waals surface area contributed by atoms with Crippen LogP contribution in [0.3, 0.4) is 0 Å². The zero-order valence-corrected chi connectivity index (χ0v) is 54.5. The Morgan fingerprint density at radius 2 is 1.24 bits per heavy atom. The summed E-state index contributed by atoms with van der Waals surface area (Å²) >= 11 is 0. The van der Waals surface area contributed by atoms with Crippen LogP contribution in [0.2, 0.25) is 0 Å². The van der Waals surface area contributed by atoms with E-state index in [9.17, 15) is 96.4 Å². The van der Waals surface area contributed by atoms with Crippen LogP contribution in [0.15, 0.2) is 85.1 Å². The third-order valence-electron chi connectivity index (χ3n) is 18.6. The molecule has 6 aliphatic heterocycles. The fourth-order valence-electron chi connectivity index (χ4n) is 12.6. The van der Waals surface area contributed by atoms with Gasteiger partial charge in [0, 0.05) is 50.6 Å². The monoisotopic (exact) mass is 1360 g/mol. The van der Waals surface area contributed by atoms with Gasteiger partial charge in [0.25, 0.3) is 0 Å². The first-order valence-electron chi connectivity index (χ1n) is 33.2. The third kappa shape index (κ3) is 23.9. The number of allylic oxidation sites excluding steroid dienone is 12. The van der Waals surface area contributed by atoms with E-state index in [1.807, 2.05) is 6.92 Å². The lowest BCUT2D eigenvalue weighted by atomic mass is 9.82. The number of hydrogen-bond donors (Lipinski definition) is 19. The number of piperidine rings is 1. The summed E-state index contributed by atoms with van der Waals surface area (Å²) in [5, 5.41) is 194. The number of rotatable bonds is 12. The summed E-state index contributed by atoms with van der Waals surface area (Å²) in [6.07, 6.45) is -10.3. The van der Waals surface area contributed by atoms with Crippen molar-refractivity contribution in [3.8, 4) is 0 Å². The molecule has 29 heteroatoms. The molecule has 6 rings (SSSR count). The molecule has 542 valence electrons. The van der Waals surface area contributed by atoms with Crippen LogP contribution >= 0.6 is 0 Å². The van der Waals surface area contributed by atoms with E-state index < -0.39 is 221 Å². The molecule has 19 N–H and O–H groups in total. The molecular weight excluding hydrogens is 1250 g/mol. The van der Waals surface area contributed by atoms with Crippen LogP contribution in [0.25, 0.3) is 0 Å². The highest BCUT2D eigenvalue weighted by atomic mass is 16.7. The number of amides is 1. The lowest BCUT2D eigenvalue weighted by Crippen LogP contribution is -2.70. The van der Waals surface area contributed by atoms with Gasteiger partial charge in [-0.15, -0.1) is 0 Å². The molecule has 1 amide bonds. The minimum atomic E-state index is -2.67. The fourth-order valence-corrected chi connectivity index (χ4v) is 12.6. The lowest BCUT2D eigenvalue weighted by Gasteiger charge is -2.48. The highest BCUT2D eigenvalue weighted by Gasteiger charge is 2.55. The van der Waals surface area contributed by atoms with Crippen molar-refractivity contribution in [2.24, 2.45) is 17.8 Å². The number of esters is 1. The first-order valence-corrected chi connectivity index (χ1v) is 33.2. The van der Waals surface area contributed by atoms with Gasteiger partial charge in [-0.1, -0.05) is 105 Å². The number of aliphatic hydroxyl groups excluding tert-OH is 15. The van der Waals surface area contributed by atoms with Crippen molar-refractivity contribution in [2.45, 2.75) is 251 Å². The Labute approximate surface area is 554 Å². The zero-order valence-electron chi connectivity index (χ0n) is 54.5. The van der Waals surface area contributed by atoms with Crippen LogP contribution in [0.1, 0.15) is 98.3 Å². The van der Waals surface area contributed by atoms with Gasteiger partial charge in [-0.2, -0.15) is 0 Å². The number of cyclic esters (lactones) is 1. The molecule has 0 radical (unpaired) electrons. The predicted octanol–water partition coefficient (Wildman–Crippen LogP) is -3.51. The maximum Gasteiger partial charge on any atom is 0.308 e. The molecule has 6 heterocycles. The smallest absolute Gasteiger partial charge is 0.308 e. The first-order chi connectivity index (χ1) is 45.0. The summed E-state index contributed by atoms with van der Waals surface area (Å²) < 4.78 is 40.9. The number of hydrogen-bond acceptors (Lipinski definition) is 28. The van der Waals surface area contributed by atoms with Gasteiger partial charge in [-0.05, 0) is 59.0 Å². The Kier molecular flexibility index (Phi) is 32.6. The van der Waals surface area contributed by atoms with Gasteiger partial charge in [-0.25, -0.2) is 0 Å². The van der Waals surface area contributed by atoms with Crippen molar-refractivity contribution in [3.63, 3.8) is 0 Å². The molecule has 2 bridgehead atoms. The van der Waals surface area contributed by atoms with Crippen LogP contribution in [0.4, 0.5) is 0 Å². The lowest BCUT2D eigenvalue weighted by molar-refractivity contribution is -0.368. The Bertz CT molecular complexity index is 2520. The van der Waals surface area contributed by atoms with E-state index in [1.54, 1.807) is 92.8 Å². The van der Waals surface area contributed by atoms with Gasteiger partial charge >= 0.3 is 5.97 Å². The number of carbonyl (C=O) groups is 2. The average molecular weight is 1360 g/mol. The molecular formula is C66H107N3O26. The largest absolute Gasteiger partial charge is 0.462 e. The standard InChI is InChI=1S/C66H107N3O26/c1-37-20-16-13-11-9-7-5-6-8-10-12-14-17-21-44(92-63-57(82)53(55(80)40(4)91-63)68-36-66(88)61(85)60(48(77)35-89-66)94-64-59(84)58(83)56(81)50(34-70)93-64)31-49-52(62(86)67-24-27-69-25-18-15-19-26-69)47(76)33-65(87,95-49)32-43(73)29-46(75)45(74)23-22-41(71)28-42(72)30-51(78)90-39(3)38(2)54(37)79/h5-14,16-17,20-21,37-50,52-61,63-64,68,70-77,79-85,87-88H,15,18-19,22-36H2,1-4H3,(H,67,86)/b6-5+,9-7+,10-8+,13-11+,14-12+,20-16+,21-17+/t37-,38?,39-,40+,41+,42+,43-,44-,45+,46+,47-,48+,49?,50+,52?,53-,54+,55+,56+,57-,58-,59+,60+,61-,63-,64?,65+,66+/m0/s1. The summed E-state index contributed by atoms with van der Waals surface area (Å²) in [6.45, 7) is 6.68. The van der Waals surface area contributed by atoms with Gasteiger partial charge in [0.2, 0.25) is 11.7 Å². The Morgan fingerprint density at radius 1 is 0.621 bits per heavy atom. The number of ether oxygens (including phenoxy) is 7. The summed E-state index contributed by atoms with van der Waals surface area (Å²) in [6, 6.07) is -1.46. The van der Waals surface area contributed by atoms with Gasteiger partial charge in [0.15, 0.2) is 18.4 Å². The quantitative estimate of drug-likeness (QED) is 0.0843. The third-order valence-corrected chi connectivity index (χ3v) is 18.6. The molecule has 0 spiro atoms. The van der Waals surface area contributed by atoms with Crippen LogP contribution in [-0.4, -0.2) is 302 Å². The maximum atomic E-state index is 14.4. The van der Waals surface area contributed by atoms with E-state index in [-0.39, 0.29) is 38.1 Å². The summed E-state index contributed by atoms with van der Waals surface area (Å²) in [4.78, 5) is 29.4. The van der Waals surface area contributed by atoms with E-state index in [0.717, 1.165) is 32.4 Å². The number of nitrogens with one attached hydrogen (secondary N) is 2. The van der Waals surface area contributed by atoms with E-state index >= 15 is 0 Å². The molecule has 0 aromatic rings. The maximum absolute atomic E-state index is 14.4. The molecule has 0 aromatic carbocycles. The van der Waals surface area contributed by atoms with Gasteiger partial charge in [0.05, 0.1) is 105 Å². The molecule has 29 nitrogen and oxygen atoms in total. The summed E-state index contributed by atoms with van der Waals surface area (Å²) in [7, 11) is 0. The molecule has 28 atom stereocenters. The molecule has 5 fully saturated rings. The van der Waals surface area contributed by atoms with Gasteiger partial charge in [-0.3, -0.25) is 9.59 Å². The van der Waals surface area contributed by atoms with E-state index in [1.165, 1.54) is 13.0 Å². The van der Waals surface area contributed by atoms with Crippen molar-refractivity contribution >= 4 is 11.9 Å². The van der Waals surface area contributed by atoms with Crippen molar-refractivity contribution in [3.05, 3.63) is 85.1 Å². The Morgan fingerprint density at radius 3 is 1.88 bits per heavy atom. The summed E-state index contributed by atoms with van der Waals surface area (Å²) in [5.41, 5.74) is 0. The van der Waals surface area contributed by atoms with Crippen LogP contribution in [0, 0.1) is 17.8 Å². The Hall–Kier alpha value is -3.88. The number of fused-ring (bicyclic) bond motifs is 2. The van der Waals surface area contributed by atoms with E-state index in [4.69, 9.17) is 33.2 Å². The van der Waals surface area contributed by atoms with Gasteiger partial charge in [0.1, 0.15) is 54.9 Å².